The summed E-state index contributed by atoms with van der Waals surface area (Å²) in [4.78, 5) is 0. The van der Waals surface area contributed by atoms with Crippen molar-refractivity contribution in [1.29, 1.82) is 0 Å². The van der Waals surface area contributed by atoms with E-state index in [1.165, 1.54) is 12.1 Å². The van der Waals surface area contributed by atoms with E-state index in [1.807, 2.05) is 0 Å². The molecule has 0 aliphatic carbocycles. The van der Waals surface area contributed by atoms with Crippen LogP contribution in [0.5, 0.6) is 5.75 Å². The summed E-state index contributed by atoms with van der Waals surface area (Å²) < 4.78 is 24.2. The number of rotatable bonds is 3. The Labute approximate surface area is 95.6 Å². The molecule has 0 spiro atoms. The first-order valence-electron chi connectivity index (χ1n) is 4.13. The van der Waals surface area contributed by atoms with Gasteiger partial charge in [0, 0.05) is 23.0 Å². The van der Waals surface area contributed by atoms with Gasteiger partial charge < -0.3 is 10.8 Å². The van der Waals surface area contributed by atoms with Gasteiger partial charge in [0.15, 0.2) is 0 Å². The van der Waals surface area contributed by atoms with Crippen molar-refractivity contribution in [2.45, 2.75) is 18.9 Å². The number of hydrogen-bond donors (Lipinski definition) is 2. The van der Waals surface area contributed by atoms with E-state index in [2.05, 4.69) is 0 Å². The summed E-state index contributed by atoms with van der Waals surface area (Å²) in [7, 11) is 0. The highest BCUT2D eigenvalue weighted by molar-refractivity contribution is 6.35. The maximum atomic E-state index is 12.1. The number of alkyl halides is 2. The van der Waals surface area contributed by atoms with E-state index in [9.17, 15) is 13.9 Å². The fourth-order valence-electron chi connectivity index (χ4n) is 1.19. The molecule has 0 aromatic heterocycles. The van der Waals surface area contributed by atoms with Gasteiger partial charge >= 0.3 is 0 Å². The number of phenols is 1. The lowest BCUT2D eigenvalue weighted by Crippen LogP contribution is -2.14. The normalized spacial score (nSPS) is 13.2. The molecule has 0 aliphatic heterocycles. The van der Waals surface area contributed by atoms with Crippen LogP contribution in [-0.4, -0.2) is 11.5 Å². The Hall–Kier alpha value is -0.580. The number of halogens is 4. The Balaban J connectivity index is 3.02. The molecule has 1 aromatic carbocycles. The van der Waals surface area contributed by atoms with E-state index >= 15 is 0 Å². The summed E-state index contributed by atoms with van der Waals surface area (Å²) in [5.74, 6) is -0.297. The van der Waals surface area contributed by atoms with Crippen molar-refractivity contribution in [2.24, 2.45) is 5.73 Å². The van der Waals surface area contributed by atoms with E-state index in [-0.39, 0.29) is 21.4 Å². The molecule has 0 unspecified atom stereocenters. The van der Waals surface area contributed by atoms with Crippen molar-refractivity contribution in [2.75, 3.05) is 0 Å². The fraction of sp³-hybridized carbons (Fsp3) is 0.333. The monoisotopic (exact) mass is 255 g/mol. The minimum atomic E-state index is -2.54. The van der Waals surface area contributed by atoms with Crippen LogP contribution in [0, 0.1) is 0 Å². The van der Waals surface area contributed by atoms with Gasteiger partial charge in [0.05, 0.1) is 5.02 Å². The van der Waals surface area contributed by atoms with Gasteiger partial charge in [-0.25, -0.2) is 8.78 Å². The third-order valence-corrected chi connectivity index (χ3v) is 2.40. The average molecular weight is 256 g/mol. The highest BCUT2D eigenvalue weighted by Crippen LogP contribution is 2.35. The van der Waals surface area contributed by atoms with Gasteiger partial charge in [-0.1, -0.05) is 23.2 Å². The Morgan fingerprint density at radius 3 is 2.47 bits per heavy atom. The molecule has 0 bridgehead atoms. The second kappa shape index (κ2) is 4.96. The van der Waals surface area contributed by atoms with Gasteiger partial charge in [-0.15, -0.1) is 0 Å². The van der Waals surface area contributed by atoms with Gasteiger partial charge in [0.25, 0.3) is 0 Å². The topological polar surface area (TPSA) is 46.2 Å². The van der Waals surface area contributed by atoms with E-state index in [0.29, 0.717) is 0 Å². The lowest BCUT2D eigenvalue weighted by molar-refractivity contribution is 0.128. The zero-order valence-corrected chi connectivity index (χ0v) is 9.06. The maximum Gasteiger partial charge on any atom is 0.240 e. The van der Waals surface area contributed by atoms with Crippen LogP contribution in [0.4, 0.5) is 8.78 Å². The van der Waals surface area contributed by atoms with Crippen molar-refractivity contribution in [1.82, 2.24) is 0 Å². The predicted molar refractivity (Wildman–Crippen MR) is 55.7 cm³/mol. The van der Waals surface area contributed by atoms with Crippen molar-refractivity contribution >= 4 is 23.2 Å². The fourth-order valence-corrected chi connectivity index (χ4v) is 1.70. The van der Waals surface area contributed by atoms with Crippen LogP contribution >= 0.6 is 23.2 Å². The molecule has 0 heterocycles. The molecule has 0 saturated carbocycles. The van der Waals surface area contributed by atoms with Crippen LogP contribution in [0.2, 0.25) is 10.0 Å². The van der Waals surface area contributed by atoms with Crippen molar-refractivity contribution < 1.29 is 13.9 Å². The third-order valence-electron chi connectivity index (χ3n) is 1.89. The molecule has 1 aromatic rings. The summed E-state index contributed by atoms with van der Waals surface area (Å²) in [5.41, 5.74) is 5.61. The number of hydrogen-bond acceptors (Lipinski definition) is 2. The number of nitrogens with two attached hydrogens (primary N) is 1. The Morgan fingerprint density at radius 1 is 1.33 bits per heavy atom. The van der Waals surface area contributed by atoms with Gasteiger partial charge in [-0.2, -0.15) is 0 Å². The molecule has 0 radical (unpaired) electrons. The minimum absolute atomic E-state index is 0.00205. The van der Waals surface area contributed by atoms with E-state index in [1.54, 1.807) is 0 Å². The molecule has 0 aliphatic rings. The Morgan fingerprint density at radius 2 is 1.93 bits per heavy atom. The lowest BCUT2D eigenvalue weighted by atomic mass is 10.0. The number of aromatic hydroxyl groups is 1. The summed E-state index contributed by atoms with van der Waals surface area (Å²) in [6.45, 7) is 0. The molecular weight excluding hydrogens is 247 g/mol. The van der Waals surface area contributed by atoms with Gasteiger partial charge in [-0.3, -0.25) is 0 Å². The number of phenolic OH excluding ortho intramolecular Hbond substituents is 1. The second-order valence-corrected chi connectivity index (χ2v) is 3.90. The van der Waals surface area contributed by atoms with E-state index in [0.717, 1.165) is 0 Å². The molecule has 1 rings (SSSR count). The summed E-state index contributed by atoms with van der Waals surface area (Å²) in [6, 6.07) is 1.66. The Bertz CT molecular complexity index is 360. The first-order valence-corrected chi connectivity index (χ1v) is 4.89. The van der Waals surface area contributed by atoms with Gasteiger partial charge in [0.2, 0.25) is 6.43 Å². The smallest absolute Gasteiger partial charge is 0.240 e. The predicted octanol–water partition coefficient (Wildman–Crippen LogP) is 3.35. The second-order valence-electron chi connectivity index (χ2n) is 3.06. The molecule has 84 valence electrons. The zero-order valence-electron chi connectivity index (χ0n) is 7.55. The molecule has 0 saturated heterocycles. The molecule has 0 amide bonds. The van der Waals surface area contributed by atoms with E-state index in [4.69, 9.17) is 28.9 Å². The van der Waals surface area contributed by atoms with Crippen LogP contribution in [0.15, 0.2) is 12.1 Å². The first kappa shape index (κ1) is 12.5. The maximum absolute atomic E-state index is 12.1. The summed E-state index contributed by atoms with van der Waals surface area (Å²) in [5, 5.41) is 9.74. The zero-order chi connectivity index (χ0) is 11.6. The number of benzene rings is 1. The molecule has 6 heteroatoms. The van der Waals surface area contributed by atoms with Crippen molar-refractivity contribution in [3.63, 3.8) is 0 Å². The van der Waals surface area contributed by atoms with Crippen LogP contribution in [0.1, 0.15) is 18.0 Å². The van der Waals surface area contributed by atoms with Crippen molar-refractivity contribution in [3.05, 3.63) is 27.7 Å². The van der Waals surface area contributed by atoms with Gasteiger partial charge in [0.1, 0.15) is 5.75 Å². The molecule has 1 atom stereocenters. The third kappa shape index (κ3) is 3.19. The minimum Gasteiger partial charge on any atom is -0.506 e. The molecular formula is C9H9Cl2F2NO. The van der Waals surface area contributed by atoms with Crippen LogP contribution in [-0.2, 0) is 0 Å². The quantitative estimate of drug-likeness (QED) is 0.870. The van der Waals surface area contributed by atoms with E-state index < -0.39 is 18.9 Å². The summed E-state index contributed by atoms with van der Waals surface area (Å²) in [6.07, 6.45) is -3.10. The molecule has 2 nitrogen and oxygen atoms in total. The van der Waals surface area contributed by atoms with Gasteiger partial charge in [-0.05, 0) is 12.1 Å². The first-order chi connectivity index (χ1) is 6.91. The average Bonchev–Trinajstić information content (AvgIpc) is 2.09. The van der Waals surface area contributed by atoms with Crippen LogP contribution in [0.25, 0.3) is 0 Å². The lowest BCUT2D eigenvalue weighted by Gasteiger charge is -2.14. The van der Waals surface area contributed by atoms with Crippen LogP contribution in [0.3, 0.4) is 0 Å². The van der Waals surface area contributed by atoms with Crippen molar-refractivity contribution in [3.8, 4) is 5.75 Å². The highest BCUT2D eigenvalue weighted by Gasteiger charge is 2.18. The SMILES string of the molecule is N[C@@H](CC(F)F)c1cc(Cl)cc(Cl)c1O. The molecule has 0 fully saturated rings. The highest BCUT2D eigenvalue weighted by atomic mass is 35.5. The molecule has 3 N–H and O–H groups in total. The molecule has 15 heavy (non-hydrogen) atoms. The largest absolute Gasteiger partial charge is 0.506 e. The standard InChI is InChI=1S/C9H9Cl2F2NO/c10-4-1-5(7(14)3-8(12)13)9(15)6(11)2-4/h1-2,7-8,15H,3,14H2/t7-/m0/s1. The summed E-state index contributed by atoms with van der Waals surface area (Å²) >= 11 is 11.3. The van der Waals surface area contributed by atoms with Crippen LogP contribution < -0.4 is 5.73 Å². The Kier molecular flexibility index (Phi) is 4.13.